The van der Waals surface area contributed by atoms with Gasteiger partial charge in [-0.25, -0.2) is 9.78 Å². The maximum absolute atomic E-state index is 13.4. The number of benzene rings is 1. The van der Waals surface area contributed by atoms with E-state index in [2.05, 4.69) is 64.1 Å². The van der Waals surface area contributed by atoms with Gasteiger partial charge in [0.1, 0.15) is 13.5 Å². The van der Waals surface area contributed by atoms with Crippen molar-refractivity contribution in [2.24, 2.45) is 0 Å². The van der Waals surface area contributed by atoms with Gasteiger partial charge in [-0.3, -0.25) is 9.13 Å². The van der Waals surface area contributed by atoms with Gasteiger partial charge in [0.15, 0.2) is 5.65 Å². The summed E-state index contributed by atoms with van der Waals surface area (Å²) in [7, 11) is 1.61. The van der Waals surface area contributed by atoms with Crippen molar-refractivity contribution in [3.8, 4) is 0 Å². The van der Waals surface area contributed by atoms with Gasteiger partial charge in [0, 0.05) is 41.2 Å². The molecule has 10 heteroatoms. The molecule has 1 aromatic carbocycles. The molecule has 34 heavy (non-hydrogen) atoms. The molecule has 0 atom stereocenters. The summed E-state index contributed by atoms with van der Waals surface area (Å²) in [5.41, 5.74) is 1.87. The first-order chi connectivity index (χ1) is 15.9. The van der Waals surface area contributed by atoms with Crippen LogP contribution in [-0.4, -0.2) is 46.4 Å². The zero-order chi connectivity index (χ0) is 25.1. The zero-order valence-corrected chi connectivity index (χ0v) is 25.7. The van der Waals surface area contributed by atoms with E-state index in [0.29, 0.717) is 34.4 Å². The summed E-state index contributed by atoms with van der Waals surface area (Å²) in [5.74, 6) is 0. The Kier molecular flexibility index (Phi) is 9.46. The third kappa shape index (κ3) is 7.39. The van der Waals surface area contributed by atoms with Crippen molar-refractivity contribution in [2.45, 2.75) is 77.2 Å². The number of imidazole rings is 1. The molecule has 0 spiro atoms. The molecule has 4 radical (unpaired) electrons. The van der Waals surface area contributed by atoms with E-state index >= 15 is 0 Å². The van der Waals surface area contributed by atoms with Crippen LogP contribution in [0.4, 0.5) is 0 Å². The normalized spacial score (nSPS) is 12.8. The number of hydrogen-bond donors (Lipinski definition) is 0. The molecule has 2 aromatic heterocycles. The Bertz CT molecular complexity index is 1200. The van der Waals surface area contributed by atoms with Gasteiger partial charge < -0.3 is 9.47 Å². The number of hydrogen-bond acceptors (Lipinski definition) is 4. The summed E-state index contributed by atoms with van der Waals surface area (Å²) in [5, 5.41) is 2.05. The minimum Gasteiger partial charge on any atom is -0.361 e. The summed E-state index contributed by atoms with van der Waals surface area (Å²) >= 11 is 8.78. The molecule has 0 fully saturated rings. The van der Waals surface area contributed by atoms with Crippen molar-refractivity contribution in [3.05, 3.63) is 37.3 Å². The topological polar surface area (TPSA) is 58.3 Å². The number of pyridine rings is 1. The van der Waals surface area contributed by atoms with Crippen LogP contribution in [0.5, 0.6) is 0 Å². The maximum atomic E-state index is 13.4. The predicted molar refractivity (Wildman–Crippen MR) is 152 cm³/mol. The highest BCUT2D eigenvalue weighted by atomic mass is 127. The van der Waals surface area contributed by atoms with Gasteiger partial charge in [0.25, 0.3) is 0 Å². The fourth-order valence-corrected chi connectivity index (χ4v) is 6.13. The number of aromatic nitrogens is 3. The minimum atomic E-state index is -0.180. The van der Waals surface area contributed by atoms with E-state index in [0.717, 1.165) is 45.6 Å². The summed E-state index contributed by atoms with van der Waals surface area (Å²) in [6.07, 6.45) is 0. The van der Waals surface area contributed by atoms with E-state index in [4.69, 9.17) is 26.1 Å². The predicted octanol–water partition coefficient (Wildman–Crippen LogP) is 6.24. The molecule has 0 bridgehead atoms. The van der Waals surface area contributed by atoms with Crippen LogP contribution in [0.15, 0.2) is 23.0 Å². The summed E-state index contributed by atoms with van der Waals surface area (Å²) in [6.45, 7) is 14.9. The molecule has 0 saturated carbocycles. The molecular formula is C24H33ClIN3O3Si2. The molecule has 6 nitrogen and oxygen atoms in total. The van der Waals surface area contributed by atoms with Crippen LogP contribution in [0.2, 0.25) is 27.2 Å². The van der Waals surface area contributed by atoms with E-state index in [9.17, 15) is 4.79 Å². The molecule has 0 amide bonds. The fourth-order valence-electron chi connectivity index (χ4n) is 3.45. The van der Waals surface area contributed by atoms with Gasteiger partial charge in [-0.15, -0.1) is 0 Å². The summed E-state index contributed by atoms with van der Waals surface area (Å²) < 4.78 is 16.0. The van der Waals surface area contributed by atoms with Crippen LogP contribution in [0.1, 0.15) is 41.5 Å². The lowest BCUT2D eigenvalue weighted by Crippen LogP contribution is -2.26. The average Bonchev–Trinajstić information content (AvgIpc) is 2.98. The Morgan fingerprint density at radius 3 is 2.09 bits per heavy atom. The third-order valence-corrected chi connectivity index (χ3v) is 9.75. The fraction of sp³-hybridized carbons (Fsp3) is 0.583. The largest absolute Gasteiger partial charge is 0.361 e. The molecular weight excluding hydrogens is 597 g/mol. The maximum Gasteiger partial charge on any atom is 0.334 e. The molecule has 3 aromatic rings. The van der Waals surface area contributed by atoms with Crippen molar-refractivity contribution in [2.75, 3.05) is 13.2 Å². The van der Waals surface area contributed by atoms with Crippen molar-refractivity contribution in [3.63, 3.8) is 0 Å². The van der Waals surface area contributed by atoms with Crippen LogP contribution < -0.4 is 5.69 Å². The van der Waals surface area contributed by atoms with E-state index < -0.39 is 0 Å². The van der Waals surface area contributed by atoms with Gasteiger partial charge in [-0.1, -0.05) is 53.1 Å². The Morgan fingerprint density at radius 1 is 0.971 bits per heavy atom. The smallest absolute Gasteiger partial charge is 0.334 e. The molecule has 184 valence electrons. The molecule has 0 aliphatic rings. The Morgan fingerprint density at radius 2 is 1.53 bits per heavy atom. The quantitative estimate of drug-likeness (QED) is 0.151. The van der Waals surface area contributed by atoms with Gasteiger partial charge >= 0.3 is 5.69 Å². The summed E-state index contributed by atoms with van der Waals surface area (Å²) in [4.78, 5) is 18.2. The minimum absolute atomic E-state index is 0.166. The van der Waals surface area contributed by atoms with Crippen LogP contribution in [-0.2, 0) is 22.9 Å². The van der Waals surface area contributed by atoms with Crippen molar-refractivity contribution in [1.82, 2.24) is 14.1 Å². The van der Waals surface area contributed by atoms with Gasteiger partial charge in [-0.2, -0.15) is 0 Å². The second-order valence-corrected chi connectivity index (χ2v) is 16.6. The Balaban J connectivity index is 1.87. The molecule has 0 N–H and O–H groups in total. The third-order valence-electron chi connectivity index (χ3n) is 5.10. The van der Waals surface area contributed by atoms with Gasteiger partial charge in [-0.05, 0) is 63.0 Å². The lowest BCUT2D eigenvalue weighted by atomic mass is 10.2. The second kappa shape index (κ2) is 11.6. The van der Waals surface area contributed by atoms with E-state index in [1.165, 1.54) is 0 Å². The van der Waals surface area contributed by atoms with E-state index in [-0.39, 0.29) is 24.2 Å². The lowest BCUT2D eigenvalue weighted by Gasteiger charge is -2.16. The molecule has 0 unspecified atom stereocenters. The molecule has 3 rings (SSSR count). The van der Waals surface area contributed by atoms with E-state index in [1.54, 1.807) is 9.13 Å². The molecule has 2 heterocycles. The van der Waals surface area contributed by atoms with Gasteiger partial charge in [0.05, 0.1) is 16.1 Å². The van der Waals surface area contributed by atoms with Gasteiger partial charge in [0.2, 0.25) is 0 Å². The monoisotopic (exact) mass is 629 g/mol. The number of rotatable bonds is 10. The first kappa shape index (κ1) is 27.9. The molecule has 0 aliphatic heterocycles. The Hall–Kier alpha value is -0.726. The first-order valence-electron chi connectivity index (χ1n) is 11.4. The highest BCUT2D eigenvalue weighted by Crippen LogP contribution is 2.30. The second-order valence-electron chi connectivity index (χ2n) is 10.3. The van der Waals surface area contributed by atoms with Crippen molar-refractivity contribution < 1.29 is 9.47 Å². The first-order valence-corrected chi connectivity index (χ1v) is 15.3. The van der Waals surface area contributed by atoms with E-state index in [1.807, 2.05) is 18.2 Å². The van der Waals surface area contributed by atoms with Crippen molar-refractivity contribution in [1.29, 1.82) is 0 Å². The standard InChI is InChI=1S/C24H33ClIN3O3Si2/c1-23(2,3)33-11-9-31-14-28-19-13-16-18(8-7-17(26)20(16)25)27-21(19)29(22(28)30)15-32-10-12-34-24(4,5)6/h7-8,13H,9-12,14-15H2,1-6H3. The van der Waals surface area contributed by atoms with Crippen LogP contribution in [0.25, 0.3) is 22.1 Å². The molecule has 0 saturated heterocycles. The van der Waals surface area contributed by atoms with Crippen LogP contribution in [0, 0.1) is 3.57 Å². The van der Waals surface area contributed by atoms with Crippen LogP contribution in [0.3, 0.4) is 0 Å². The highest BCUT2D eigenvalue weighted by Gasteiger charge is 2.18. The van der Waals surface area contributed by atoms with Crippen molar-refractivity contribution >= 4 is 75.3 Å². The summed E-state index contributed by atoms with van der Waals surface area (Å²) in [6, 6.07) is 7.76. The SMILES string of the molecule is CC(C)(C)[Si]CCOCn1c(=O)n(COCC[Si]C(C)(C)C)c2nc3ccc(I)c(Cl)c3cc21. The molecule has 0 aliphatic carbocycles. The highest BCUT2D eigenvalue weighted by molar-refractivity contribution is 14.1. The zero-order valence-electron chi connectivity index (χ0n) is 20.8. The Labute approximate surface area is 225 Å². The van der Waals surface area contributed by atoms with Crippen LogP contribution >= 0.6 is 34.2 Å². The number of fused-ring (bicyclic) bond motifs is 2. The number of nitrogens with zero attached hydrogens (tertiary/aromatic N) is 3. The number of halogens is 2. The average molecular weight is 630 g/mol. The lowest BCUT2D eigenvalue weighted by molar-refractivity contribution is 0.0756. The number of ether oxygens (including phenoxy) is 2.